The highest BCUT2D eigenvalue weighted by molar-refractivity contribution is 6.30. The fourth-order valence-electron chi connectivity index (χ4n) is 3.34. The molecule has 1 nitrogen and oxygen atoms in total. The van der Waals surface area contributed by atoms with Crippen LogP contribution in [-0.4, -0.2) is 13.1 Å². The van der Waals surface area contributed by atoms with E-state index in [2.05, 4.69) is 12.2 Å². The molecule has 2 rings (SSSR count). The van der Waals surface area contributed by atoms with Gasteiger partial charge >= 0.3 is 0 Å². The number of halogens is 2. The lowest BCUT2D eigenvalue weighted by molar-refractivity contribution is 0.179. The molecular weight excluding hydrogens is 273 g/mol. The van der Waals surface area contributed by atoms with Gasteiger partial charge in [0.2, 0.25) is 0 Å². The standard InChI is InChI=1S/C17H25ClFN/c1-2-11-20-13-17(9-4-3-5-10-17)12-14-7-6-8-15(18)16(14)19/h6-8,20H,2-5,9-13H2,1H3. The molecule has 1 aliphatic carbocycles. The van der Waals surface area contributed by atoms with Crippen LogP contribution in [0.2, 0.25) is 5.02 Å². The van der Waals surface area contributed by atoms with Gasteiger partial charge in [0.25, 0.3) is 0 Å². The summed E-state index contributed by atoms with van der Waals surface area (Å²) in [6, 6.07) is 5.37. The molecule has 1 aliphatic rings. The fraction of sp³-hybridized carbons (Fsp3) is 0.647. The van der Waals surface area contributed by atoms with Gasteiger partial charge in [-0.3, -0.25) is 0 Å². The molecule has 0 aromatic heterocycles. The predicted molar refractivity (Wildman–Crippen MR) is 83.8 cm³/mol. The van der Waals surface area contributed by atoms with Crippen molar-refractivity contribution in [2.75, 3.05) is 13.1 Å². The Hall–Kier alpha value is -0.600. The van der Waals surface area contributed by atoms with E-state index in [0.717, 1.165) is 31.5 Å². The van der Waals surface area contributed by atoms with Crippen molar-refractivity contribution >= 4 is 11.6 Å². The van der Waals surface area contributed by atoms with Crippen LogP contribution in [0.5, 0.6) is 0 Å². The third kappa shape index (κ3) is 3.95. The molecule has 1 N–H and O–H groups in total. The summed E-state index contributed by atoms with van der Waals surface area (Å²) < 4.78 is 14.2. The third-order valence-corrected chi connectivity index (χ3v) is 4.73. The van der Waals surface area contributed by atoms with Crippen LogP contribution >= 0.6 is 11.6 Å². The first kappa shape index (κ1) is 15.8. The van der Waals surface area contributed by atoms with Gasteiger partial charge in [-0.25, -0.2) is 4.39 Å². The van der Waals surface area contributed by atoms with Gasteiger partial charge < -0.3 is 5.32 Å². The molecular formula is C17H25ClFN. The average molecular weight is 298 g/mol. The van der Waals surface area contributed by atoms with E-state index in [1.807, 2.05) is 12.1 Å². The highest BCUT2D eigenvalue weighted by Crippen LogP contribution is 2.39. The van der Waals surface area contributed by atoms with Gasteiger partial charge in [0, 0.05) is 6.54 Å². The summed E-state index contributed by atoms with van der Waals surface area (Å²) in [5, 5.41) is 3.79. The topological polar surface area (TPSA) is 12.0 Å². The SMILES string of the molecule is CCCNCC1(Cc2cccc(Cl)c2F)CCCCC1. The maximum absolute atomic E-state index is 14.2. The molecule has 0 spiro atoms. The van der Waals surface area contributed by atoms with Crippen LogP contribution in [0.1, 0.15) is 51.0 Å². The van der Waals surface area contributed by atoms with Crippen molar-refractivity contribution in [1.29, 1.82) is 0 Å². The Bertz CT molecular complexity index is 427. The smallest absolute Gasteiger partial charge is 0.144 e. The summed E-state index contributed by atoms with van der Waals surface area (Å²) in [4.78, 5) is 0. The number of nitrogens with one attached hydrogen (secondary N) is 1. The molecule has 0 atom stereocenters. The summed E-state index contributed by atoms with van der Waals surface area (Å²) in [7, 11) is 0. The molecule has 0 heterocycles. The molecule has 0 amide bonds. The summed E-state index contributed by atoms with van der Waals surface area (Å²) >= 11 is 5.91. The molecule has 0 unspecified atom stereocenters. The van der Waals surface area contributed by atoms with Gasteiger partial charge in [-0.15, -0.1) is 0 Å². The second-order valence-corrected chi connectivity index (χ2v) is 6.53. The number of hydrogen-bond donors (Lipinski definition) is 1. The monoisotopic (exact) mass is 297 g/mol. The number of hydrogen-bond acceptors (Lipinski definition) is 1. The minimum Gasteiger partial charge on any atom is -0.316 e. The molecule has 3 heteroatoms. The van der Waals surface area contributed by atoms with Crippen molar-refractivity contribution in [3.63, 3.8) is 0 Å². The Balaban J connectivity index is 2.12. The summed E-state index contributed by atoms with van der Waals surface area (Å²) in [5.74, 6) is -0.227. The van der Waals surface area contributed by atoms with Crippen LogP contribution in [-0.2, 0) is 6.42 Å². The van der Waals surface area contributed by atoms with Gasteiger partial charge in [-0.1, -0.05) is 49.9 Å². The van der Waals surface area contributed by atoms with E-state index >= 15 is 0 Å². The first-order chi connectivity index (χ1) is 9.67. The highest BCUT2D eigenvalue weighted by atomic mass is 35.5. The van der Waals surface area contributed by atoms with E-state index in [1.54, 1.807) is 6.07 Å². The zero-order valence-corrected chi connectivity index (χ0v) is 13.1. The number of rotatable bonds is 6. The van der Waals surface area contributed by atoms with Crippen molar-refractivity contribution in [2.45, 2.75) is 51.9 Å². The molecule has 0 aliphatic heterocycles. The lowest BCUT2D eigenvalue weighted by Crippen LogP contribution is -2.38. The number of benzene rings is 1. The second-order valence-electron chi connectivity index (χ2n) is 6.13. The van der Waals surface area contributed by atoms with Crippen molar-refractivity contribution < 1.29 is 4.39 Å². The van der Waals surface area contributed by atoms with Crippen LogP contribution < -0.4 is 5.32 Å². The van der Waals surface area contributed by atoms with Crippen LogP contribution in [0.15, 0.2) is 18.2 Å². The summed E-state index contributed by atoms with van der Waals surface area (Å²) in [6.45, 7) is 4.21. The first-order valence-corrected chi connectivity index (χ1v) is 8.18. The predicted octanol–water partition coefficient (Wildman–Crippen LogP) is 4.97. The fourth-order valence-corrected chi connectivity index (χ4v) is 3.53. The summed E-state index contributed by atoms with van der Waals surface area (Å²) in [6.07, 6.45) is 8.16. The molecule has 1 aromatic rings. The highest BCUT2D eigenvalue weighted by Gasteiger charge is 2.32. The molecule has 112 valence electrons. The Morgan fingerprint density at radius 2 is 2.00 bits per heavy atom. The van der Waals surface area contributed by atoms with Crippen molar-refractivity contribution in [1.82, 2.24) is 5.32 Å². The first-order valence-electron chi connectivity index (χ1n) is 7.80. The Morgan fingerprint density at radius 1 is 1.25 bits per heavy atom. The Labute approximate surface area is 126 Å². The Morgan fingerprint density at radius 3 is 2.70 bits per heavy atom. The third-order valence-electron chi connectivity index (χ3n) is 4.44. The van der Waals surface area contributed by atoms with Crippen LogP contribution in [0.4, 0.5) is 4.39 Å². The molecule has 1 saturated carbocycles. The van der Waals surface area contributed by atoms with Crippen molar-refractivity contribution in [3.8, 4) is 0 Å². The van der Waals surface area contributed by atoms with Gasteiger partial charge in [0.05, 0.1) is 5.02 Å². The lowest BCUT2D eigenvalue weighted by Gasteiger charge is -2.38. The maximum Gasteiger partial charge on any atom is 0.144 e. The lowest BCUT2D eigenvalue weighted by atomic mass is 9.70. The molecule has 0 radical (unpaired) electrons. The minimum absolute atomic E-state index is 0.207. The van der Waals surface area contributed by atoms with Crippen molar-refractivity contribution in [2.24, 2.45) is 5.41 Å². The van der Waals surface area contributed by atoms with E-state index in [4.69, 9.17) is 11.6 Å². The molecule has 1 aromatic carbocycles. The van der Waals surface area contributed by atoms with Crippen molar-refractivity contribution in [3.05, 3.63) is 34.6 Å². The summed E-state index contributed by atoms with van der Waals surface area (Å²) in [5.41, 5.74) is 0.983. The maximum atomic E-state index is 14.2. The quantitative estimate of drug-likeness (QED) is 0.731. The van der Waals surface area contributed by atoms with Gasteiger partial charge in [-0.2, -0.15) is 0 Å². The molecule has 0 bridgehead atoms. The average Bonchev–Trinajstić information content (AvgIpc) is 2.45. The van der Waals surface area contributed by atoms with Crippen LogP contribution in [0.25, 0.3) is 0 Å². The van der Waals surface area contributed by atoms with Gasteiger partial charge in [0.1, 0.15) is 5.82 Å². The zero-order chi connectivity index (χ0) is 14.4. The van der Waals surface area contributed by atoms with Gasteiger partial charge in [0.15, 0.2) is 0 Å². The Kier molecular flexibility index (Phi) is 5.86. The van der Waals surface area contributed by atoms with E-state index < -0.39 is 0 Å². The van der Waals surface area contributed by atoms with Crippen LogP contribution in [0.3, 0.4) is 0 Å². The zero-order valence-electron chi connectivity index (χ0n) is 12.4. The second kappa shape index (κ2) is 7.42. The molecule has 0 saturated heterocycles. The molecule has 1 fully saturated rings. The van der Waals surface area contributed by atoms with E-state index in [1.165, 1.54) is 32.1 Å². The van der Waals surface area contributed by atoms with E-state index in [0.29, 0.717) is 0 Å². The van der Waals surface area contributed by atoms with Gasteiger partial charge in [-0.05, 0) is 49.3 Å². The largest absolute Gasteiger partial charge is 0.316 e. The molecule has 20 heavy (non-hydrogen) atoms. The van der Waals surface area contributed by atoms with Crippen LogP contribution in [0, 0.1) is 11.2 Å². The normalized spacial score (nSPS) is 18.1. The van der Waals surface area contributed by atoms with E-state index in [9.17, 15) is 4.39 Å². The van der Waals surface area contributed by atoms with E-state index in [-0.39, 0.29) is 16.3 Å². The minimum atomic E-state index is -0.227.